The van der Waals surface area contributed by atoms with Gasteiger partial charge >= 0.3 is 0 Å². The van der Waals surface area contributed by atoms with Crippen molar-refractivity contribution >= 4 is 85.9 Å². The zero-order valence-corrected chi connectivity index (χ0v) is 26.1. The Labute approximate surface area is 274 Å². The lowest BCUT2D eigenvalue weighted by Crippen LogP contribution is -1.95. The number of thiophene rings is 1. The summed E-state index contributed by atoms with van der Waals surface area (Å²) < 4.78 is 7.54. The molecule has 3 heteroatoms. The third kappa shape index (κ3) is 3.49. The third-order valence-electron chi connectivity index (χ3n) is 10.0. The van der Waals surface area contributed by atoms with Crippen LogP contribution < -0.4 is 0 Å². The van der Waals surface area contributed by atoms with Crippen LogP contribution in [0.2, 0.25) is 0 Å². The summed E-state index contributed by atoms with van der Waals surface area (Å²) in [5, 5.41) is 10.4. The Balaban J connectivity index is 1.20. The summed E-state index contributed by atoms with van der Waals surface area (Å²) >= 11 is 1.87. The first-order valence-electron chi connectivity index (χ1n) is 16.1. The van der Waals surface area contributed by atoms with Crippen LogP contribution >= 0.6 is 11.3 Å². The lowest BCUT2D eigenvalue weighted by atomic mass is 9.96. The normalized spacial score (nSPS) is 12.3. The molecule has 0 atom stereocenters. The second-order valence-corrected chi connectivity index (χ2v) is 13.7. The van der Waals surface area contributed by atoms with Gasteiger partial charge in [-0.15, -0.1) is 11.3 Å². The fraction of sp³-hybridized carbons (Fsp3) is 0. The second kappa shape index (κ2) is 9.32. The van der Waals surface area contributed by atoms with Gasteiger partial charge in [0.1, 0.15) is 0 Å². The molecule has 0 saturated carbocycles. The molecule has 0 radical (unpaired) electrons. The minimum atomic E-state index is 1.18. The number of benzene rings is 8. The van der Waals surface area contributed by atoms with Crippen molar-refractivity contribution in [1.29, 1.82) is 0 Å². The van der Waals surface area contributed by atoms with E-state index in [4.69, 9.17) is 0 Å². The van der Waals surface area contributed by atoms with E-state index in [2.05, 4.69) is 167 Å². The molecule has 0 unspecified atom stereocenters. The summed E-state index contributed by atoms with van der Waals surface area (Å²) in [7, 11) is 0. The van der Waals surface area contributed by atoms with Gasteiger partial charge in [-0.3, -0.25) is 0 Å². The van der Waals surface area contributed by atoms with Crippen molar-refractivity contribution in [2.24, 2.45) is 0 Å². The second-order valence-electron chi connectivity index (χ2n) is 12.6. The molecule has 0 aliphatic carbocycles. The number of aromatic nitrogens is 2. The van der Waals surface area contributed by atoms with Crippen LogP contribution in [0.4, 0.5) is 0 Å². The van der Waals surface area contributed by atoms with E-state index in [0.717, 1.165) is 0 Å². The molecule has 11 aromatic rings. The van der Waals surface area contributed by atoms with Crippen molar-refractivity contribution < 1.29 is 0 Å². The predicted molar refractivity (Wildman–Crippen MR) is 202 cm³/mol. The summed E-state index contributed by atoms with van der Waals surface area (Å²) in [5.74, 6) is 0. The van der Waals surface area contributed by atoms with Crippen molar-refractivity contribution in [2.45, 2.75) is 0 Å². The Morgan fingerprint density at radius 1 is 0.340 bits per heavy atom. The summed E-state index contributed by atoms with van der Waals surface area (Å²) in [6, 6.07) is 58.3. The molecule has 0 aliphatic heterocycles. The first-order chi connectivity index (χ1) is 23.3. The summed E-state index contributed by atoms with van der Waals surface area (Å²) in [4.78, 5) is 0. The van der Waals surface area contributed by atoms with Crippen molar-refractivity contribution in [3.63, 3.8) is 0 Å². The average Bonchev–Trinajstić information content (AvgIpc) is 3.78. The van der Waals surface area contributed by atoms with Gasteiger partial charge in [0.05, 0.1) is 22.1 Å². The Hall–Kier alpha value is -5.90. The van der Waals surface area contributed by atoms with Crippen LogP contribution in [-0.2, 0) is 0 Å². The number of fused-ring (bicyclic) bond motifs is 6. The van der Waals surface area contributed by atoms with Crippen molar-refractivity contribution in [1.82, 2.24) is 9.13 Å². The largest absolute Gasteiger partial charge is 0.309 e. The minimum absolute atomic E-state index is 1.18. The Kier molecular flexibility index (Phi) is 5.02. The van der Waals surface area contributed by atoms with E-state index in [0.29, 0.717) is 0 Å². The molecular weight excluding hydrogens is 589 g/mol. The molecule has 0 aliphatic rings. The molecule has 2 nitrogen and oxygen atoms in total. The third-order valence-corrected chi connectivity index (χ3v) is 11.2. The van der Waals surface area contributed by atoms with Crippen LogP contribution in [0.15, 0.2) is 158 Å². The van der Waals surface area contributed by atoms with Gasteiger partial charge in [-0.1, -0.05) is 84.9 Å². The van der Waals surface area contributed by atoms with E-state index in [9.17, 15) is 0 Å². The maximum Gasteiger partial charge on any atom is 0.0553 e. The van der Waals surface area contributed by atoms with Gasteiger partial charge in [-0.25, -0.2) is 0 Å². The van der Waals surface area contributed by atoms with Crippen LogP contribution in [0.1, 0.15) is 0 Å². The Morgan fingerprint density at radius 3 is 2.00 bits per heavy atom. The van der Waals surface area contributed by atoms with Crippen molar-refractivity contribution in [3.05, 3.63) is 158 Å². The fourth-order valence-corrected chi connectivity index (χ4v) is 9.09. The number of hydrogen-bond donors (Lipinski definition) is 0. The van der Waals surface area contributed by atoms with Crippen LogP contribution in [0.25, 0.3) is 97.1 Å². The Bertz CT molecular complexity index is 3010. The van der Waals surface area contributed by atoms with E-state index in [-0.39, 0.29) is 0 Å². The summed E-state index contributed by atoms with van der Waals surface area (Å²) in [6.45, 7) is 0. The van der Waals surface area contributed by atoms with Gasteiger partial charge in [-0.2, -0.15) is 0 Å². The standard InChI is InChI=1S/C44H26N2S/c1-2-10-31(11-3-1)45-37-14-6-4-12-33(37)35-26-32(20-21-38(35)45)46-39-15-8-9-27-17-18-29-23-30(25-40(46)44(29)43(27)39)28-19-22-42-36(24-28)34-13-5-7-16-41(34)47-42/h1-26H. The van der Waals surface area contributed by atoms with Crippen molar-refractivity contribution in [2.75, 3.05) is 0 Å². The molecule has 0 spiro atoms. The lowest BCUT2D eigenvalue weighted by Gasteiger charge is -2.11. The van der Waals surface area contributed by atoms with E-state index in [1.807, 2.05) is 11.3 Å². The van der Waals surface area contributed by atoms with Crippen LogP contribution in [0.5, 0.6) is 0 Å². The molecule has 218 valence electrons. The van der Waals surface area contributed by atoms with Gasteiger partial charge in [0.25, 0.3) is 0 Å². The van der Waals surface area contributed by atoms with Crippen LogP contribution in [-0.4, -0.2) is 9.13 Å². The Morgan fingerprint density at radius 2 is 1.06 bits per heavy atom. The predicted octanol–water partition coefficient (Wildman–Crippen LogP) is 12.5. The van der Waals surface area contributed by atoms with Gasteiger partial charge in [-0.05, 0) is 94.7 Å². The van der Waals surface area contributed by atoms with E-state index in [1.54, 1.807) is 0 Å². The summed E-state index contributed by atoms with van der Waals surface area (Å²) in [5.41, 5.74) is 9.76. The highest BCUT2D eigenvalue weighted by atomic mass is 32.1. The molecule has 0 N–H and O–H groups in total. The monoisotopic (exact) mass is 614 g/mol. The molecule has 11 rings (SSSR count). The number of nitrogens with zero attached hydrogens (tertiary/aromatic N) is 2. The molecule has 0 amide bonds. The smallest absolute Gasteiger partial charge is 0.0553 e. The van der Waals surface area contributed by atoms with E-state index < -0.39 is 0 Å². The SMILES string of the molecule is c1ccc(-n2c3ccccc3c3cc(-n4c5cccc6ccc7cc(-c8ccc9sc%10ccccc%10c9c8)cc4c7c65)ccc32)cc1. The van der Waals surface area contributed by atoms with Gasteiger partial charge < -0.3 is 9.13 Å². The highest BCUT2D eigenvalue weighted by Gasteiger charge is 2.20. The zero-order chi connectivity index (χ0) is 30.6. The first-order valence-corrected chi connectivity index (χ1v) is 16.9. The van der Waals surface area contributed by atoms with Gasteiger partial charge in [0.2, 0.25) is 0 Å². The fourth-order valence-electron chi connectivity index (χ4n) is 8.00. The number of para-hydroxylation sites is 2. The average molecular weight is 615 g/mol. The van der Waals surface area contributed by atoms with E-state index >= 15 is 0 Å². The maximum absolute atomic E-state index is 2.49. The van der Waals surface area contributed by atoms with Crippen LogP contribution in [0.3, 0.4) is 0 Å². The first kappa shape index (κ1) is 25.3. The van der Waals surface area contributed by atoms with E-state index in [1.165, 1.54) is 97.1 Å². The number of rotatable bonds is 3. The zero-order valence-electron chi connectivity index (χ0n) is 25.3. The topological polar surface area (TPSA) is 9.86 Å². The molecule has 0 fully saturated rings. The molecular formula is C44H26N2S. The van der Waals surface area contributed by atoms with Gasteiger partial charge in [0, 0.05) is 53.1 Å². The molecule has 0 saturated heterocycles. The molecule has 8 aromatic carbocycles. The minimum Gasteiger partial charge on any atom is -0.309 e. The summed E-state index contributed by atoms with van der Waals surface area (Å²) in [6.07, 6.45) is 0. The quantitative estimate of drug-likeness (QED) is 0.175. The number of hydrogen-bond acceptors (Lipinski definition) is 1. The van der Waals surface area contributed by atoms with Gasteiger partial charge in [0.15, 0.2) is 0 Å². The molecule has 47 heavy (non-hydrogen) atoms. The maximum atomic E-state index is 2.49. The highest BCUT2D eigenvalue weighted by Crippen LogP contribution is 2.43. The molecule has 0 bridgehead atoms. The lowest BCUT2D eigenvalue weighted by molar-refractivity contribution is 1.17. The molecule has 3 heterocycles. The van der Waals surface area contributed by atoms with Crippen molar-refractivity contribution in [3.8, 4) is 22.5 Å². The highest BCUT2D eigenvalue weighted by molar-refractivity contribution is 7.25. The van der Waals surface area contributed by atoms with Crippen LogP contribution in [0, 0.1) is 0 Å². The molecule has 3 aromatic heterocycles.